The molecule has 5 heteroatoms. The van der Waals surface area contributed by atoms with Crippen LogP contribution >= 0.6 is 23.4 Å². The van der Waals surface area contributed by atoms with Gasteiger partial charge < -0.3 is 9.64 Å². The third-order valence-electron chi connectivity index (χ3n) is 4.49. The molecular formula is C17H22ClNO2S. The molecule has 1 amide bonds. The van der Waals surface area contributed by atoms with E-state index in [-0.39, 0.29) is 23.3 Å². The molecular weight excluding hydrogens is 318 g/mol. The molecule has 2 fully saturated rings. The van der Waals surface area contributed by atoms with Crippen molar-refractivity contribution in [2.24, 2.45) is 0 Å². The van der Waals surface area contributed by atoms with Crippen LogP contribution in [0.5, 0.6) is 0 Å². The van der Waals surface area contributed by atoms with Crippen molar-refractivity contribution < 1.29 is 9.53 Å². The highest BCUT2D eigenvalue weighted by Gasteiger charge is 2.38. The molecule has 1 saturated carbocycles. The molecule has 1 aromatic rings. The zero-order chi connectivity index (χ0) is 15.5. The first-order valence-corrected chi connectivity index (χ1v) is 9.25. The Morgan fingerprint density at radius 2 is 2.05 bits per heavy atom. The Labute approximate surface area is 141 Å². The summed E-state index contributed by atoms with van der Waals surface area (Å²) in [5.74, 6) is 0.236. The van der Waals surface area contributed by atoms with Gasteiger partial charge in [-0.25, -0.2) is 0 Å². The van der Waals surface area contributed by atoms with Gasteiger partial charge in [-0.15, -0.1) is 11.8 Å². The topological polar surface area (TPSA) is 29.5 Å². The number of carbonyl (C=O) groups excluding carboxylic acids is 1. The Hall–Kier alpha value is -0.710. The average Bonchev–Trinajstić information content (AvgIpc) is 2.55. The zero-order valence-corrected chi connectivity index (χ0v) is 14.4. The number of hydrogen-bond donors (Lipinski definition) is 0. The van der Waals surface area contributed by atoms with Crippen molar-refractivity contribution in [3.8, 4) is 0 Å². The number of rotatable bonds is 3. The Kier molecular flexibility index (Phi) is 5.32. The summed E-state index contributed by atoms with van der Waals surface area (Å²) in [5.41, 5.74) is 0. The highest BCUT2D eigenvalue weighted by atomic mass is 35.5. The lowest BCUT2D eigenvalue weighted by atomic mass is 9.90. The minimum Gasteiger partial charge on any atom is -0.374 e. The molecule has 1 saturated heterocycles. The van der Waals surface area contributed by atoms with Crippen molar-refractivity contribution in [1.82, 2.24) is 4.90 Å². The van der Waals surface area contributed by atoms with E-state index < -0.39 is 0 Å². The van der Waals surface area contributed by atoms with Crippen LogP contribution < -0.4 is 0 Å². The summed E-state index contributed by atoms with van der Waals surface area (Å²) in [7, 11) is 0. The SMILES string of the molecule is CC(Sc1ccc(Cl)cc1)C(=O)N1CCOC2CCCCC21. The highest BCUT2D eigenvalue weighted by Crippen LogP contribution is 2.31. The lowest BCUT2D eigenvalue weighted by Gasteiger charge is -2.44. The number of hydrogen-bond acceptors (Lipinski definition) is 3. The molecule has 0 aromatic heterocycles. The zero-order valence-electron chi connectivity index (χ0n) is 12.8. The van der Waals surface area contributed by atoms with Crippen LogP contribution in [0, 0.1) is 0 Å². The van der Waals surface area contributed by atoms with E-state index in [0.717, 1.165) is 29.3 Å². The fourth-order valence-corrected chi connectivity index (χ4v) is 4.43. The van der Waals surface area contributed by atoms with Crippen molar-refractivity contribution in [1.29, 1.82) is 0 Å². The largest absolute Gasteiger partial charge is 0.374 e. The van der Waals surface area contributed by atoms with Gasteiger partial charge in [0.2, 0.25) is 5.91 Å². The lowest BCUT2D eigenvalue weighted by Crippen LogP contribution is -2.56. The van der Waals surface area contributed by atoms with Crippen molar-refractivity contribution >= 4 is 29.3 Å². The summed E-state index contributed by atoms with van der Waals surface area (Å²) < 4.78 is 5.86. The van der Waals surface area contributed by atoms with Gasteiger partial charge in [-0.05, 0) is 44.0 Å². The van der Waals surface area contributed by atoms with Gasteiger partial charge >= 0.3 is 0 Å². The van der Waals surface area contributed by atoms with Crippen LogP contribution in [-0.4, -0.2) is 41.4 Å². The molecule has 3 atom stereocenters. The van der Waals surface area contributed by atoms with E-state index in [0.29, 0.717) is 6.61 Å². The smallest absolute Gasteiger partial charge is 0.236 e. The minimum atomic E-state index is -0.0816. The monoisotopic (exact) mass is 339 g/mol. The van der Waals surface area contributed by atoms with E-state index in [1.165, 1.54) is 12.8 Å². The Bertz CT molecular complexity index is 520. The van der Waals surface area contributed by atoms with E-state index in [1.807, 2.05) is 31.2 Å². The molecule has 2 aliphatic rings. The van der Waals surface area contributed by atoms with Gasteiger partial charge in [0.15, 0.2) is 0 Å². The van der Waals surface area contributed by atoms with E-state index in [9.17, 15) is 4.79 Å². The second-order valence-electron chi connectivity index (χ2n) is 6.01. The van der Waals surface area contributed by atoms with E-state index >= 15 is 0 Å². The second kappa shape index (κ2) is 7.24. The number of benzene rings is 1. The summed E-state index contributed by atoms with van der Waals surface area (Å²) in [6.45, 7) is 3.39. The van der Waals surface area contributed by atoms with Gasteiger partial charge in [0.25, 0.3) is 0 Å². The quantitative estimate of drug-likeness (QED) is 0.780. The number of morpholine rings is 1. The predicted molar refractivity (Wildman–Crippen MR) is 90.5 cm³/mol. The maximum absolute atomic E-state index is 12.8. The maximum Gasteiger partial charge on any atom is 0.236 e. The predicted octanol–water partition coefficient (Wildman–Crippen LogP) is 3.99. The van der Waals surface area contributed by atoms with Gasteiger partial charge in [0, 0.05) is 16.5 Å². The van der Waals surface area contributed by atoms with Crippen molar-refractivity contribution in [3.63, 3.8) is 0 Å². The first kappa shape index (κ1) is 16.2. The van der Waals surface area contributed by atoms with Crippen molar-refractivity contribution in [2.45, 2.75) is 54.9 Å². The van der Waals surface area contributed by atoms with Crippen LogP contribution in [-0.2, 0) is 9.53 Å². The highest BCUT2D eigenvalue weighted by molar-refractivity contribution is 8.00. The van der Waals surface area contributed by atoms with Gasteiger partial charge in [-0.2, -0.15) is 0 Å². The standard InChI is InChI=1S/C17H22ClNO2S/c1-12(22-14-8-6-13(18)7-9-14)17(20)19-10-11-21-16-5-3-2-4-15(16)19/h6-9,12,15-16H,2-5,10-11H2,1H3. The number of nitrogens with zero attached hydrogens (tertiary/aromatic N) is 1. The van der Waals surface area contributed by atoms with Crippen LogP contribution in [0.15, 0.2) is 29.2 Å². The van der Waals surface area contributed by atoms with E-state index in [2.05, 4.69) is 4.90 Å². The maximum atomic E-state index is 12.8. The van der Waals surface area contributed by atoms with Crippen LogP contribution in [0.4, 0.5) is 0 Å². The molecule has 3 unspecified atom stereocenters. The third-order valence-corrected chi connectivity index (χ3v) is 5.84. The molecule has 1 aromatic carbocycles. The van der Waals surface area contributed by atoms with Gasteiger partial charge in [0.1, 0.15) is 0 Å². The normalized spacial score (nSPS) is 26.4. The number of amides is 1. The minimum absolute atomic E-state index is 0.0816. The summed E-state index contributed by atoms with van der Waals surface area (Å²) in [5, 5.41) is 0.642. The van der Waals surface area contributed by atoms with Gasteiger partial charge in [-0.1, -0.05) is 24.4 Å². The van der Waals surface area contributed by atoms with E-state index in [4.69, 9.17) is 16.3 Å². The summed E-state index contributed by atoms with van der Waals surface area (Å²) in [6.07, 6.45) is 4.84. The third kappa shape index (κ3) is 3.61. The molecule has 3 rings (SSSR count). The fourth-order valence-electron chi connectivity index (χ4n) is 3.37. The number of fused-ring (bicyclic) bond motifs is 1. The molecule has 1 heterocycles. The van der Waals surface area contributed by atoms with Crippen LogP contribution in [0.3, 0.4) is 0 Å². The second-order valence-corrected chi connectivity index (χ2v) is 7.86. The lowest BCUT2D eigenvalue weighted by molar-refractivity contribution is -0.148. The van der Waals surface area contributed by atoms with E-state index in [1.54, 1.807) is 11.8 Å². The first-order chi connectivity index (χ1) is 10.6. The number of carbonyl (C=O) groups is 1. The van der Waals surface area contributed by atoms with Crippen LogP contribution in [0.25, 0.3) is 0 Å². The molecule has 0 radical (unpaired) electrons. The molecule has 3 nitrogen and oxygen atoms in total. The summed E-state index contributed by atoms with van der Waals surface area (Å²) in [6, 6.07) is 7.96. The van der Waals surface area contributed by atoms with Crippen LogP contribution in [0.2, 0.25) is 5.02 Å². The van der Waals surface area contributed by atoms with Gasteiger partial charge in [-0.3, -0.25) is 4.79 Å². The first-order valence-electron chi connectivity index (χ1n) is 7.99. The Morgan fingerprint density at radius 1 is 1.32 bits per heavy atom. The molecule has 0 bridgehead atoms. The molecule has 0 N–H and O–H groups in total. The van der Waals surface area contributed by atoms with Crippen molar-refractivity contribution in [3.05, 3.63) is 29.3 Å². The molecule has 1 aliphatic carbocycles. The Balaban J connectivity index is 1.65. The number of thioether (sulfide) groups is 1. The molecule has 0 spiro atoms. The molecule has 120 valence electrons. The molecule has 22 heavy (non-hydrogen) atoms. The van der Waals surface area contributed by atoms with Crippen LogP contribution in [0.1, 0.15) is 32.6 Å². The summed E-state index contributed by atoms with van der Waals surface area (Å²) >= 11 is 7.51. The average molecular weight is 340 g/mol. The Morgan fingerprint density at radius 3 is 2.82 bits per heavy atom. The van der Waals surface area contributed by atoms with Crippen molar-refractivity contribution in [2.75, 3.05) is 13.2 Å². The number of ether oxygens (including phenoxy) is 1. The fraction of sp³-hybridized carbons (Fsp3) is 0.588. The number of halogens is 1. The van der Waals surface area contributed by atoms with Gasteiger partial charge in [0.05, 0.1) is 24.0 Å². The summed E-state index contributed by atoms with van der Waals surface area (Å²) in [4.78, 5) is 16.0. The molecule has 1 aliphatic heterocycles.